The Hall–Kier alpha value is -1.00. The zero-order valence-corrected chi connectivity index (χ0v) is 12.5. The zero-order valence-electron chi connectivity index (χ0n) is 11.6. The summed E-state index contributed by atoms with van der Waals surface area (Å²) in [5.41, 5.74) is 6.75. The summed E-state index contributed by atoms with van der Waals surface area (Å²) in [5.74, 6) is 0.571. The maximum absolute atomic E-state index is 12.4. The molecule has 1 aromatic rings. The minimum absolute atomic E-state index is 0.137. The molecule has 2 unspecified atom stereocenters. The van der Waals surface area contributed by atoms with E-state index in [0.717, 1.165) is 31.5 Å². The Bertz CT molecular complexity index is 430. The molecule has 19 heavy (non-hydrogen) atoms. The van der Waals surface area contributed by atoms with Gasteiger partial charge in [0.2, 0.25) is 0 Å². The van der Waals surface area contributed by atoms with Crippen molar-refractivity contribution < 1.29 is 4.79 Å². The van der Waals surface area contributed by atoms with E-state index in [1.54, 1.807) is 11.8 Å². The Morgan fingerprint density at radius 2 is 2.11 bits per heavy atom. The fraction of sp³-hybridized carbons (Fsp3) is 0.533. The van der Waals surface area contributed by atoms with Crippen molar-refractivity contribution in [1.29, 1.82) is 0 Å². The average Bonchev–Trinajstić information content (AvgIpc) is 2.46. The zero-order chi connectivity index (χ0) is 13.8. The molecule has 1 saturated heterocycles. The molecule has 0 aliphatic carbocycles. The molecule has 1 aromatic carbocycles. The SMILES string of the molecule is CSc1ccc(C(=O)N2CCCC(C(C)N)C2)cc1. The van der Waals surface area contributed by atoms with Crippen LogP contribution < -0.4 is 5.73 Å². The minimum Gasteiger partial charge on any atom is -0.338 e. The van der Waals surface area contributed by atoms with E-state index in [4.69, 9.17) is 5.73 Å². The Morgan fingerprint density at radius 1 is 1.42 bits per heavy atom. The number of nitrogens with two attached hydrogens (primary N) is 1. The van der Waals surface area contributed by atoms with E-state index in [9.17, 15) is 4.79 Å². The van der Waals surface area contributed by atoms with Crippen LogP contribution in [0.1, 0.15) is 30.1 Å². The second kappa shape index (κ2) is 6.44. The van der Waals surface area contributed by atoms with Crippen molar-refractivity contribution in [3.05, 3.63) is 29.8 Å². The van der Waals surface area contributed by atoms with Crippen LogP contribution in [0.5, 0.6) is 0 Å². The van der Waals surface area contributed by atoms with Gasteiger partial charge in [0.15, 0.2) is 0 Å². The molecule has 2 rings (SSSR count). The van der Waals surface area contributed by atoms with Crippen LogP contribution in [-0.4, -0.2) is 36.2 Å². The Kier molecular flexibility index (Phi) is 4.88. The summed E-state index contributed by atoms with van der Waals surface area (Å²) in [5, 5.41) is 0. The first-order valence-corrected chi connectivity index (χ1v) is 8.03. The first kappa shape index (κ1) is 14.4. The van der Waals surface area contributed by atoms with Crippen molar-refractivity contribution in [3.8, 4) is 0 Å². The molecule has 1 heterocycles. The lowest BCUT2D eigenvalue weighted by Crippen LogP contribution is -2.45. The number of hydrogen-bond acceptors (Lipinski definition) is 3. The summed E-state index contributed by atoms with van der Waals surface area (Å²) >= 11 is 1.69. The largest absolute Gasteiger partial charge is 0.338 e. The summed E-state index contributed by atoms with van der Waals surface area (Å²) in [4.78, 5) is 15.6. The number of carbonyl (C=O) groups is 1. The standard InChI is InChI=1S/C15H22N2OS/c1-11(16)13-4-3-9-17(10-13)15(18)12-5-7-14(19-2)8-6-12/h5-8,11,13H,3-4,9-10,16H2,1-2H3. The Labute approximate surface area is 119 Å². The Balaban J connectivity index is 2.05. The number of thioether (sulfide) groups is 1. The van der Waals surface area contributed by atoms with Crippen molar-refractivity contribution in [2.45, 2.75) is 30.7 Å². The number of benzene rings is 1. The van der Waals surface area contributed by atoms with Gasteiger partial charge in [0.25, 0.3) is 5.91 Å². The lowest BCUT2D eigenvalue weighted by Gasteiger charge is -2.34. The first-order chi connectivity index (χ1) is 9.11. The van der Waals surface area contributed by atoms with Gasteiger partial charge in [0, 0.05) is 29.6 Å². The number of piperidine rings is 1. The van der Waals surface area contributed by atoms with E-state index in [-0.39, 0.29) is 11.9 Å². The molecule has 0 spiro atoms. The lowest BCUT2D eigenvalue weighted by molar-refractivity contribution is 0.0661. The minimum atomic E-state index is 0.137. The van der Waals surface area contributed by atoms with Crippen LogP contribution in [-0.2, 0) is 0 Å². The van der Waals surface area contributed by atoms with Crippen LogP contribution in [0.3, 0.4) is 0 Å². The highest BCUT2D eigenvalue weighted by atomic mass is 32.2. The first-order valence-electron chi connectivity index (χ1n) is 6.80. The average molecular weight is 278 g/mol. The number of carbonyl (C=O) groups excluding carboxylic acids is 1. The van der Waals surface area contributed by atoms with Crippen molar-refractivity contribution in [2.24, 2.45) is 11.7 Å². The van der Waals surface area contributed by atoms with Crippen LogP contribution in [0.15, 0.2) is 29.2 Å². The van der Waals surface area contributed by atoms with Crippen molar-refractivity contribution in [2.75, 3.05) is 19.3 Å². The quantitative estimate of drug-likeness (QED) is 0.865. The Morgan fingerprint density at radius 3 is 2.68 bits per heavy atom. The number of nitrogens with zero attached hydrogens (tertiary/aromatic N) is 1. The van der Waals surface area contributed by atoms with Gasteiger partial charge in [-0.3, -0.25) is 4.79 Å². The van der Waals surface area contributed by atoms with Gasteiger partial charge in [-0.05, 0) is 56.2 Å². The van der Waals surface area contributed by atoms with Crippen LogP contribution in [0.4, 0.5) is 0 Å². The second-order valence-corrected chi connectivity index (χ2v) is 6.12. The van der Waals surface area contributed by atoms with Gasteiger partial charge in [0.1, 0.15) is 0 Å². The molecule has 1 aliphatic rings. The van der Waals surface area contributed by atoms with E-state index in [1.807, 2.05) is 42.3 Å². The molecule has 0 aromatic heterocycles. The highest BCUT2D eigenvalue weighted by molar-refractivity contribution is 7.98. The van der Waals surface area contributed by atoms with Gasteiger partial charge in [-0.15, -0.1) is 11.8 Å². The molecule has 1 amide bonds. The smallest absolute Gasteiger partial charge is 0.253 e. The maximum Gasteiger partial charge on any atom is 0.253 e. The molecule has 0 radical (unpaired) electrons. The molecule has 104 valence electrons. The van der Waals surface area contributed by atoms with E-state index < -0.39 is 0 Å². The van der Waals surface area contributed by atoms with Gasteiger partial charge in [-0.1, -0.05) is 0 Å². The molecule has 0 bridgehead atoms. The third-order valence-electron chi connectivity index (χ3n) is 3.83. The summed E-state index contributed by atoms with van der Waals surface area (Å²) in [6, 6.07) is 8.01. The fourth-order valence-corrected chi connectivity index (χ4v) is 2.95. The number of likely N-dealkylation sites (tertiary alicyclic amines) is 1. The topological polar surface area (TPSA) is 46.3 Å². The normalized spacial score (nSPS) is 21.2. The van der Waals surface area contributed by atoms with Crippen LogP contribution >= 0.6 is 11.8 Å². The van der Waals surface area contributed by atoms with Gasteiger partial charge >= 0.3 is 0 Å². The van der Waals surface area contributed by atoms with Crippen LogP contribution in [0.2, 0.25) is 0 Å². The summed E-state index contributed by atoms with van der Waals surface area (Å²) in [6.45, 7) is 3.68. The molecule has 0 saturated carbocycles. The van der Waals surface area contributed by atoms with E-state index in [2.05, 4.69) is 0 Å². The number of rotatable bonds is 3. The lowest BCUT2D eigenvalue weighted by atomic mass is 9.92. The fourth-order valence-electron chi connectivity index (χ4n) is 2.54. The highest BCUT2D eigenvalue weighted by Gasteiger charge is 2.26. The van der Waals surface area contributed by atoms with E-state index >= 15 is 0 Å². The highest BCUT2D eigenvalue weighted by Crippen LogP contribution is 2.21. The molecule has 2 N–H and O–H groups in total. The molecule has 1 fully saturated rings. The molecule has 2 atom stereocenters. The predicted octanol–water partition coefficient (Wildman–Crippen LogP) is 2.61. The van der Waals surface area contributed by atoms with Crippen molar-refractivity contribution >= 4 is 17.7 Å². The van der Waals surface area contributed by atoms with E-state index in [0.29, 0.717) is 5.92 Å². The van der Waals surface area contributed by atoms with E-state index in [1.165, 1.54) is 4.90 Å². The van der Waals surface area contributed by atoms with Crippen LogP contribution in [0, 0.1) is 5.92 Å². The molecule has 4 heteroatoms. The molecular formula is C15H22N2OS. The summed E-state index contributed by atoms with van der Waals surface area (Å²) < 4.78 is 0. The van der Waals surface area contributed by atoms with Gasteiger partial charge in [0.05, 0.1) is 0 Å². The molecule has 1 aliphatic heterocycles. The van der Waals surface area contributed by atoms with Crippen LogP contribution in [0.25, 0.3) is 0 Å². The number of hydrogen-bond donors (Lipinski definition) is 1. The van der Waals surface area contributed by atoms with Crippen molar-refractivity contribution in [1.82, 2.24) is 4.90 Å². The second-order valence-electron chi connectivity index (χ2n) is 5.24. The molecular weight excluding hydrogens is 256 g/mol. The van der Waals surface area contributed by atoms with Gasteiger partial charge < -0.3 is 10.6 Å². The molecule has 3 nitrogen and oxygen atoms in total. The monoisotopic (exact) mass is 278 g/mol. The van der Waals surface area contributed by atoms with Gasteiger partial charge in [-0.2, -0.15) is 0 Å². The maximum atomic E-state index is 12.4. The summed E-state index contributed by atoms with van der Waals surface area (Å²) in [6.07, 6.45) is 4.22. The van der Waals surface area contributed by atoms with Gasteiger partial charge in [-0.25, -0.2) is 0 Å². The third kappa shape index (κ3) is 3.51. The number of amides is 1. The van der Waals surface area contributed by atoms with Crippen molar-refractivity contribution in [3.63, 3.8) is 0 Å². The predicted molar refractivity (Wildman–Crippen MR) is 80.5 cm³/mol. The summed E-state index contributed by atoms with van der Waals surface area (Å²) in [7, 11) is 0. The third-order valence-corrected chi connectivity index (χ3v) is 4.57.